The van der Waals surface area contributed by atoms with Crippen LogP contribution in [0.4, 0.5) is 0 Å². The van der Waals surface area contributed by atoms with Crippen LogP contribution >= 0.6 is 17.1 Å². The van der Waals surface area contributed by atoms with Crippen LogP contribution in [0, 0.1) is 0 Å². The maximum Gasteiger partial charge on any atom is 0.244 e. The molecule has 0 radical (unpaired) electrons. The monoisotopic (exact) mass is 231 g/mol. The van der Waals surface area contributed by atoms with Crippen molar-refractivity contribution in [1.82, 2.24) is 5.32 Å². The molecule has 0 aliphatic rings. The molecule has 0 aromatic heterocycles. The molecule has 0 aliphatic heterocycles. The number of nitrogens with one attached hydrogen (secondary N) is 1. The normalized spacial score (nSPS) is 14.4. The molecule has 1 atom stereocenters. The largest absolute Gasteiger partial charge is 0.337 e. The number of hydrogen-bond donors (Lipinski definition) is 2. The molecule has 3 nitrogen and oxygen atoms in total. The second-order valence-electron chi connectivity index (χ2n) is 1.79. The van der Waals surface area contributed by atoms with Crippen LogP contribution in [-0.4, -0.2) is 31.3 Å². The van der Waals surface area contributed by atoms with Crippen molar-refractivity contribution in [3.8, 4) is 0 Å². The summed E-state index contributed by atoms with van der Waals surface area (Å²) in [5.74, 6) is 0. The van der Waals surface area contributed by atoms with Crippen LogP contribution in [0.3, 0.4) is 0 Å². The second-order valence-corrected chi connectivity index (χ2v) is 8.22. The van der Waals surface area contributed by atoms with E-state index in [1.165, 1.54) is 18.5 Å². The molecule has 0 saturated carbocycles. The third kappa shape index (κ3) is 13.5. The fourth-order valence-corrected chi connectivity index (χ4v) is 0.921. The topological polar surface area (TPSA) is 41.5 Å². The molecular formula is C6H18NO2PS2. The fourth-order valence-electron chi connectivity index (χ4n) is 0.325. The van der Waals surface area contributed by atoms with E-state index >= 15 is 0 Å². The molecule has 0 aromatic rings. The van der Waals surface area contributed by atoms with Crippen molar-refractivity contribution in [1.29, 1.82) is 0 Å². The van der Waals surface area contributed by atoms with Gasteiger partial charge in [-0.25, -0.2) is 0 Å². The van der Waals surface area contributed by atoms with Gasteiger partial charge in [-0.3, -0.25) is 0 Å². The van der Waals surface area contributed by atoms with E-state index in [1.807, 2.05) is 0 Å². The smallest absolute Gasteiger partial charge is 0.244 e. The third-order valence-electron chi connectivity index (χ3n) is 0.961. The van der Waals surface area contributed by atoms with Crippen LogP contribution in [0.5, 0.6) is 0 Å². The summed E-state index contributed by atoms with van der Waals surface area (Å²) in [5.41, 5.74) is -2.40. The van der Waals surface area contributed by atoms with Gasteiger partial charge in [-0.05, 0) is 31.2 Å². The van der Waals surface area contributed by atoms with Gasteiger partial charge in [-0.1, -0.05) is 25.2 Å². The molecule has 0 bridgehead atoms. The summed E-state index contributed by atoms with van der Waals surface area (Å²) >= 11 is 5.74. The van der Waals surface area contributed by atoms with Gasteiger partial charge in [0.2, 0.25) is 5.69 Å². The molecule has 6 heteroatoms. The Kier molecular flexibility index (Phi) is 12.8. The van der Waals surface area contributed by atoms with E-state index in [0.717, 1.165) is 13.1 Å². The van der Waals surface area contributed by atoms with Gasteiger partial charge >= 0.3 is 0 Å². The van der Waals surface area contributed by atoms with Crippen LogP contribution in [0.1, 0.15) is 13.8 Å². The van der Waals surface area contributed by atoms with E-state index in [2.05, 4.69) is 35.5 Å². The Bertz CT molecular complexity index is 125. The first-order chi connectivity index (χ1) is 5.54. The Morgan fingerprint density at radius 2 is 1.92 bits per heavy atom. The van der Waals surface area contributed by atoms with E-state index in [1.54, 1.807) is 6.26 Å². The van der Waals surface area contributed by atoms with Crippen LogP contribution in [0.15, 0.2) is 0 Å². The average molecular weight is 231 g/mol. The minimum atomic E-state index is -2.40. The highest BCUT2D eigenvalue weighted by molar-refractivity contribution is 8.67. The zero-order valence-corrected chi connectivity index (χ0v) is 10.6. The Labute approximate surface area is 84.2 Å². The maximum atomic E-state index is 8.80. The molecule has 0 aromatic carbocycles. The number of rotatable bonds is 4. The average Bonchev–Trinajstić information content (AvgIpc) is 2.07. The number of hydrogen-bond acceptors (Lipinski definition) is 4. The Morgan fingerprint density at radius 3 is 1.92 bits per heavy atom. The SMILES string of the molecule is CCNCC.COP(O)(=S)SC. The van der Waals surface area contributed by atoms with Gasteiger partial charge in [0.05, 0.1) is 0 Å². The quantitative estimate of drug-likeness (QED) is 0.722. The Morgan fingerprint density at radius 1 is 1.50 bits per heavy atom. The van der Waals surface area contributed by atoms with Gasteiger partial charge in [-0.2, -0.15) is 0 Å². The third-order valence-corrected chi connectivity index (χ3v) is 5.50. The predicted molar refractivity (Wildman–Crippen MR) is 61.2 cm³/mol. The highest BCUT2D eigenvalue weighted by Gasteiger charge is 2.05. The summed E-state index contributed by atoms with van der Waals surface area (Å²) < 4.78 is 4.53. The minimum absolute atomic E-state index is 1.09. The van der Waals surface area contributed by atoms with E-state index < -0.39 is 5.69 Å². The zero-order chi connectivity index (χ0) is 10.0. The van der Waals surface area contributed by atoms with Gasteiger partial charge in [0.25, 0.3) is 0 Å². The summed E-state index contributed by atoms with van der Waals surface area (Å²) in [5, 5.41) is 3.11. The molecule has 1 unspecified atom stereocenters. The summed E-state index contributed by atoms with van der Waals surface area (Å²) in [6, 6.07) is 0. The van der Waals surface area contributed by atoms with E-state index in [-0.39, 0.29) is 0 Å². The highest BCUT2D eigenvalue weighted by Crippen LogP contribution is 2.53. The molecule has 12 heavy (non-hydrogen) atoms. The molecular weight excluding hydrogens is 213 g/mol. The van der Waals surface area contributed by atoms with Crippen molar-refractivity contribution in [3.63, 3.8) is 0 Å². The molecule has 0 amide bonds. The summed E-state index contributed by atoms with van der Waals surface area (Å²) in [4.78, 5) is 8.80. The van der Waals surface area contributed by atoms with E-state index in [9.17, 15) is 0 Å². The highest BCUT2D eigenvalue weighted by atomic mass is 32.9. The van der Waals surface area contributed by atoms with Gasteiger partial charge in [0, 0.05) is 7.11 Å². The Hall–Kier alpha value is 0.880. The lowest BCUT2D eigenvalue weighted by Crippen LogP contribution is -2.09. The van der Waals surface area contributed by atoms with E-state index in [0.29, 0.717) is 0 Å². The van der Waals surface area contributed by atoms with Crippen LogP contribution < -0.4 is 5.32 Å². The van der Waals surface area contributed by atoms with Crippen molar-refractivity contribution in [2.75, 3.05) is 26.5 Å². The van der Waals surface area contributed by atoms with Gasteiger partial charge < -0.3 is 14.7 Å². The lowest BCUT2D eigenvalue weighted by molar-refractivity contribution is 0.405. The van der Waals surface area contributed by atoms with Crippen LogP contribution in [0.2, 0.25) is 0 Å². The lowest BCUT2D eigenvalue weighted by atomic mass is 10.7. The second kappa shape index (κ2) is 9.96. The van der Waals surface area contributed by atoms with Crippen molar-refractivity contribution in [2.24, 2.45) is 0 Å². The molecule has 76 valence electrons. The predicted octanol–water partition coefficient (Wildman–Crippen LogP) is 1.83. The molecule has 0 spiro atoms. The van der Waals surface area contributed by atoms with Crippen molar-refractivity contribution in [2.45, 2.75) is 13.8 Å². The molecule has 2 N–H and O–H groups in total. The summed E-state index contributed by atoms with van der Waals surface area (Å²) in [6.45, 7) is 6.39. The fraction of sp³-hybridized carbons (Fsp3) is 1.00. The van der Waals surface area contributed by atoms with Gasteiger partial charge in [-0.15, -0.1) is 0 Å². The Balaban J connectivity index is 0. The summed E-state index contributed by atoms with van der Waals surface area (Å²) in [7, 11) is 1.41. The lowest BCUT2D eigenvalue weighted by Gasteiger charge is -2.05. The first-order valence-corrected chi connectivity index (χ1v) is 8.19. The van der Waals surface area contributed by atoms with Crippen molar-refractivity contribution >= 4 is 28.9 Å². The maximum absolute atomic E-state index is 8.80. The standard InChI is InChI=1S/C4H11N.C2H7O2PS2/c1-3-5-4-2;1-4-5(3,6)7-2/h5H,3-4H2,1-2H3;1-2H3,(H,3,6). The first kappa shape index (κ1) is 15.4. The van der Waals surface area contributed by atoms with Crippen LogP contribution in [0.25, 0.3) is 0 Å². The molecule has 0 fully saturated rings. The first-order valence-electron chi connectivity index (χ1n) is 3.69. The molecule has 0 aliphatic carbocycles. The van der Waals surface area contributed by atoms with Crippen molar-refractivity contribution in [3.05, 3.63) is 0 Å². The minimum Gasteiger partial charge on any atom is -0.337 e. The zero-order valence-electron chi connectivity index (χ0n) is 8.03. The molecule has 0 heterocycles. The van der Waals surface area contributed by atoms with Gasteiger partial charge in [0.15, 0.2) is 0 Å². The summed E-state index contributed by atoms with van der Waals surface area (Å²) in [6.07, 6.45) is 1.73. The van der Waals surface area contributed by atoms with Crippen molar-refractivity contribution < 1.29 is 9.42 Å². The van der Waals surface area contributed by atoms with E-state index in [4.69, 9.17) is 4.89 Å². The molecule has 0 saturated heterocycles. The van der Waals surface area contributed by atoms with Gasteiger partial charge in [0.1, 0.15) is 0 Å². The molecule has 0 rings (SSSR count). The van der Waals surface area contributed by atoms with Crippen LogP contribution in [-0.2, 0) is 16.3 Å².